The Morgan fingerprint density at radius 2 is 2.29 bits per heavy atom. The molecule has 0 saturated carbocycles. The number of aryl methyl sites for hydroxylation is 1. The molecule has 0 amide bonds. The number of halogens is 1. The Hall–Kier alpha value is -1.10. The fourth-order valence-electron chi connectivity index (χ4n) is 3.49. The maximum atomic E-state index is 11.2. The van der Waals surface area contributed by atoms with Crippen LogP contribution in [0.5, 0.6) is 0 Å². The van der Waals surface area contributed by atoms with Crippen LogP contribution in [0.3, 0.4) is 0 Å². The number of benzene rings is 1. The van der Waals surface area contributed by atoms with Gasteiger partial charge >= 0.3 is 5.97 Å². The molecule has 1 fully saturated rings. The molecule has 0 aromatic heterocycles. The fourth-order valence-corrected chi connectivity index (χ4v) is 3.49. The fraction of sp³-hybridized carbons (Fsp3) is 0.562. The van der Waals surface area contributed by atoms with E-state index in [1.807, 2.05) is 12.1 Å². The first-order valence-electron chi connectivity index (χ1n) is 7.42. The summed E-state index contributed by atoms with van der Waals surface area (Å²) in [5.41, 5.74) is 2.69. The van der Waals surface area contributed by atoms with Gasteiger partial charge in [-0.25, -0.2) is 4.79 Å². The quantitative estimate of drug-likeness (QED) is 0.932. The summed E-state index contributed by atoms with van der Waals surface area (Å²) in [5, 5.41) is 9.17. The van der Waals surface area contributed by atoms with Crippen molar-refractivity contribution in [2.24, 2.45) is 0 Å². The number of rotatable bonds is 3. The standard InChI is InChI=1S/C16H21NO3.ClH/c1-2-7-17-8-9-20-15-13-10-12(16(18)19)4-3-11(13)5-6-14(15)17;/h3-4,10,14-15H,2,5-9H2,1H3,(H,18,19);1H/t14-,15-;/m0./s1. The first-order valence-corrected chi connectivity index (χ1v) is 7.42. The molecule has 2 aliphatic rings. The number of carboxylic acid groups (broad SMARTS) is 1. The molecule has 1 aromatic carbocycles. The molecule has 0 spiro atoms. The summed E-state index contributed by atoms with van der Waals surface area (Å²) in [5.74, 6) is -0.865. The smallest absolute Gasteiger partial charge is 0.335 e. The van der Waals surface area contributed by atoms with Gasteiger partial charge in [0.25, 0.3) is 0 Å². The third kappa shape index (κ3) is 3.07. The first kappa shape index (κ1) is 16.3. The highest BCUT2D eigenvalue weighted by molar-refractivity contribution is 5.88. The Balaban J connectivity index is 0.00000161. The number of aromatic carboxylic acids is 1. The lowest BCUT2D eigenvalue weighted by molar-refractivity contribution is -0.0801. The van der Waals surface area contributed by atoms with Crippen molar-refractivity contribution in [2.75, 3.05) is 19.7 Å². The number of carbonyl (C=O) groups is 1. The lowest BCUT2D eigenvalue weighted by Gasteiger charge is -2.44. The van der Waals surface area contributed by atoms with Gasteiger partial charge in [-0.2, -0.15) is 0 Å². The molecular formula is C16H22ClNO3. The minimum atomic E-state index is -0.865. The number of nitrogens with zero attached hydrogens (tertiary/aromatic N) is 1. The second-order valence-electron chi connectivity index (χ2n) is 5.65. The van der Waals surface area contributed by atoms with Gasteiger partial charge in [0.1, 0.15) is 0 Å². The monoisotopic (exact) mass is 311 g/mol. The summed E-state index contributed by atoms with van der Waals surface area (Å²) >= 11 is 0. The Morgan fingerprint density at radius 1 is 1.48 bits per heavy atom. The van der Waals surface area contributed by atoms with E-state index in [-0.39, 0.29) is 18.5 Å². The Bertz CT molecular complexity index is 518. The molecule has 2 atom stereocenters. The Morgan fingerprint density at radius 3 is 3.00 bits per heavy atom. The molecule has 116 valence electrons. The highest BCUT2D eigenvalue weighted by atomic mass is 35.5. The van der Waals surface area contributed by atoms with Crippen molar-refractivity contribution >= 4 is 18.4 Å². The van der Waals surface area contributed by atoms with Crippen molar-refractivity contribution in [3.8, 4) is 0 Å². The molecule has 0 radical (unpaired) electrons. The zero-order valence-electron chi connectivity index (χ0n) is 12.2. The van der Waals surface area contributed by atoms with E-state index in [1.54, 1.807) is 6.07 Å². The van der Waals surface area contributed by atoms with E-state index < -0.39 is 5.97 Å². The molecule has 1 aliphatic heterocycles. The van der Waals surface area contributed by atoms with Crippen LogP contribution in [0.1, 0.15) is 47.4 Å². The normalized spacial score (nSPS) is 24.6. The predicted molar refractivity (Wildman–Crippen MR) is 83.3 cm³/mol. The minimum absolute atomic E-state index is 0. The van der Waals surface area contributed by atoms with Crippen molar-refractivity contribution in [1.29, 1.82) is 0 Å². The number of hydrogen-bond donors (Lipinski definition) is 1. The van der Waals surface area contributed by atoms with Crippen LogP contribution in [-0.4, -0.2) is 41.7 Å². The largest absolute Gasteiger partial charge is 0.478 e. The number of carboxylic acids is 1. The van der Waals surface area contributed by atoms with Crippen molar-refractivity contribution in [3.63, 3.8) is 0 Å². The molecule has 4 nitrogen and oxygen atoms in total. The molecule has 1 N–H and O–H groups in total. The SMILES string of the molecule is CCCN1CCO[C@H]2c3cc(C(=O)O)ccc3CC[C@@H]21.Cl. The molecule has 3 rings (SSSR count). The zero-order chi connectivity index (χ0) is 14.1. The summed E-state index contributed by atoms with van der Waals surface area (Å²) < 4.78 is 5.99. The molecule has 1 aliphatic carbocycles. The predicted octanol–water partition coefficient (Wildman–Crippen LogP) is 2.90. The van der Waals surface area contributed by atoms with Crippen LogP contribution in [0.15, 0.2) is 18.2 Å². The molecule has 1 heterocycles. The number of ether oxygens (including phenoxy) is 1. The second-order valence-corrected chi connectivity index (χ2v) is 5.65. The van der Waals surface area contributed by atoms with E-state index in [2.05, 4.69) is 11.8 Å². The first-order chi connectivity index (χ1) is 9.70. The van der Waals surface area contributed by atoms with Crippen molar-refractivity contribution < 1.29 is 14.6 Å². The molecular weight excluding hydrogens is 290 g/mol. The average molecular weight is 312 g/mol. The average Bonchev–Trinajstić information content (AvgIpc) is 2.47. The van der Waals surface area contributed by atoms with Gasteiger partial charge in [-0.1, -0.05) is 13.0 Å². The third-order valence-electron chi connectivity index (χ3n) is 4.41. The molecule has 0 bridgehead atoms. The summed E-state index contributed by atoms with van der Waals surface area (Å²) in [6, 6.07) is 5.87. The molecule has 21 heavy (non-hydrogen) atoms. The molecule has 1 saturated heterocycles. The van der Waals surface area contributed by atoms with E-state index in [9.17, 15) is 4.79 Å². The van der Waals surface area contributed by atoms with Gasteiger partial charge in [0.05, 0.1) is 18.3 Å². The molecule has 0 unspecified atom stereocenters. The number of hydrogen-bond acceptors (Lipinski definition) is 3. The van der Waals surface area contributed by atoms with Crippen LogP contribution in [0, 0.1) is 0 Å². The van der Waals surface area contributed by atoms with E-state index in [1.165, 1.54) is 5.56 Å². The highest BCUT2D eigenvalue weighted by Gasteiger charge is 2.37. The van der Waals surface area contributed by atoms with E-state index in [4.69, 9.17) is 9.84 Å². The van der Waals surface area contributed by atoms with Crippen LogP contribution in [0.2, 0.25) is 0 Å². The van der Waals surface area contributed by atoms with Crippen molar-refractivity contribution in [2.45, 2.75) is 38.3 Å². The molecule has 5 heteroatoms. The van der Waals surface area contributed by atoms with Gasteiger partial charge in [-0.05, 0) is 49.1 Å². The van der Waals surface area contributed by atoms with E-state index in [0.717, 1.165) is 44.5 Å². The lowest BCUT2D eigenvalue weighted by Crippen LogP contribution is -2.49. The van der Waals surface area contributed by atoms with Crippen molar-refractivity contribution in [3.05, 3.63) is 34.9 Å². The Labute approximate surface area is 131 Å². The van der Waals surface area contributed by atoms with Crippen LogP contribution in [0.25, 0.3) is 0 Å². The van der Waals surface area contributed by atoms with Gasteiger partial charge in [-0.3, -0.25) is 4.90 Å². The summed E-state index contributed by atoms with van der Waals surface area (Å²) in [6.07, 6.45) is 3.30. The summed E-state index contributed by atoms with van der Waals surface area (Å²) in [6.45, 7) is 5.02. The van der Waals surface area contributed by atoms with Gasteiger partial charge in [0.15, 0.2) is 0 Å². The van der Waals surface area contributed by atoms with E-state index in [0.29, 0.717) is 11.6 Å². The maximum absolute atomic E-state index is 11.2. The summed E-state index contributed by atoms with van der Waals surface area (Å²) in [4.78, 5) is 13.7. The van der Waals surface area contributed by atoms with Crippen LogP contribution in [0.4, 0.5) is 0 Å². The van der Waals surface area contributed by atoms with Gasteiger partial charge in [0, 0.05) is 12.6 Å². The van der Waals surface area contributed by atoms with Gasteiger partial charge in [-0.15, -0.1) is 12.4 Å². The zero-order valence-corrected chi connectivity index (χ0v) is 13.1. The summed E-state index contributed by atoms with van der Waals surface area (Å²) in [7, 11) is 0. The Kier molecular flexibility index (Phi) is 5.25. The van der Waals surface area contributed by atoms with Gasteiger partial charge in [0.2, 0.25) is 0 Å². The topological polar surface area (TPSA) is 49.8 Å². The van der Waals surface area contributed by atoms with Gasteiger partial charge < -0.3 is 9.84 Å². The highest BCUT2D eigenvalue weighted by Crippen LogP contribution is 2.38. The van der Waals surface area contributed by atoms with Crippen LogP contribution in [-0.2, 0) is 11.2 Å². The third-order valence-corrected chi connectivity index (χ3v) is 4.41. The van der Waals surface area contributed by atoms with Crippen LogP contribution < -0.4 is 0 Å². The van der Waals surface area contributed by atoms with Crippen LogP contribution >= 0.6 is 12.4 Å². The minimum Gasteiger partial charge on any atom is -0.478 e. The number of morpholine rings is 1. The maximum Gasteiger partial charge on any atom is 0.335 e. The van der Waals surface area contributed by atoms with E-state index >= 15 is 0 Å². The second kappa shape index (κ2) is 6.77. The number of fused-ring (bicyclic) bond motifs is 3. The van der Waals surface area contributed by atoms with Crippen molar-refractivity contribution in [1.82, 2.24) is 4.90 Å². The lowest BCUT2D eigenvalue weighted by atomic mass is 9.83. The molecule has 1 aromatic rings.